The van der Waals surface area contributed by atoms with E-state index in [1.54, 1.807) is 19.1 Å². The van der Waals surface area contributed by atoms with Gasteiger partial charge in [0.25, 0.3) is 11.6 Å². The molecule has 0 aliphatic carbocycles. The molecule has 150 valence electrons. The summed E-state index contributed by atoms with van der Waals surface area (Å²) in [6, 6.07) is 8.79. The number of aryl methyl sites for hydroxylation is 2. The van der Waals surface area contributed by atoms with E-state index in [1.165, 1.54) is 12.3 Å². The Labute approximate surface area is 167 Å². The third-order valence-electron chi connectivity index (χ3n) is 5.40. The van der Waals surface area contributed by atoms with Crippen LogP contribution in [0.4, 0.5) is 11.4 Å². The number of furan rings is 1. The highest BCUT2D eigenvalue weighted by Crippen LogP contribution is 2.33. The number of rotatable bonds is 4. The molecule has 1 aromatic carbocycles. The lowest BCUT2D eigenvalue weighted by atomic mass is 10.0. The lowest BCUT2D eigenvalue weighted by molar-refractivity contribution is -0.383. The normalized spacial score (nSPS) is 14.9. The van der Waals surface area contributed by atoms with E-state index in [1.807, 2.05) is 19.1 Å². The summed E-state index contributed by atoms with van der Waals surface area (Å²) in [7, 11) is 0. The van der Waals surface area contributed by atoms with Crippen LogP contribution in [0, 0.1) is 24.0 Å². The Morgan fingerprint density at radius 1 is 1.28 bits per heavy atom. The number of amides is 1. The minimum absolute atomic E-state index is 0.0186. The molecule has 3 aromatic rings. The smallest absolute Gasteiger partial charge is 0.295 e. The van der Waals surface area contributed by atoms with Gasteiger partial charge in [-0.2, -0.15) is 0 Å². The molecule has 0 atom stereocenters. The van der Waals surface area contributed by atoms with Gasteiger partial charge in [0.1, 0.15) is 5.76 Å². The molecule has 2 aromatic heterocycles. The van der Waals surface area contributed by atoms with Gasteiger partial charge in [0.2, 0.25) is 0 Å². The summed E-state index contributed by atoms with van der Waals surface area (Å²) in [4.78, 5) is 30.0. The summed E-state index contributed by atoms with van der Waals surface area (Å²) < 4.78 is 5.21. The van der Waals surface area contributed by atoms with Gasteiger partial charge in [0, 0.05) is 42.0 Å². The van der Waals surface area contributed by atoms with Crippen molar-refractivity contribution in [2.45, 2.75) is 32.7 Å². The number of piperidine rings is 1. The molecule has 8 nitrogen and oxygen atoms in total. The Kier molecular flexibility index (Phi) is 4.92. The number of pyridine rings is 1. The van der Waals surface area contributed by atoms with Crippen molar-refractivity contribution in [1.29, 1.82) is 0 Å². The number of benzene rings is 1. The number of nitrogens with one attached hydrogen (secondary N) is 1. The summed E-state index contributed by atoms with van der Waals surface area (Å²) >= 11 is 0. The molecule has 1 saturated heterocycles. The molecule has 1 aliphatic rings. The first-order valence-corrected chi connectivity index (χ1v) is 9.58. The molecule has 1 aliphatic heterocycles. The molecule has 1 amide bonds. The number of carbonyl (C=O) groups is 1. The number of non-ortho nitro benzene ring substituents is 1. The first-order valence-electron chi connectivity index (χ1n) is 9.58. The van der Waals surface area contributed by atoms with Crippen LogP contribution < -0.4 is 10.2 Å². The minimum atomic E-state index is -0.391. The quantitative estimate of drug-likeness (QED) is 0.534. The highest BCUT2D eigenvalue weighted by atomic mass is 16.6. The van der Waals surface area contributed by atoms with Crippen molar-refractivity contribution in [2.24, 2.45) is 0 Å². The van der Waals surface area contributed by atoms with Gasteiger partial charge in [0.05, 0.1) is 16.7 Å². The van der Waals surface area contributed by atoms with Crippen LogP contribution in [0.5, 0.6) is 0 Å². The second-order valence-electron chi connectivity index (χ2n) is 7.34. The van der Waals surface area contributed by atoms with Crippen molar-refractivity contribution >= 4 is 28.2 Å². The first-order chi connectivity index (χ1) is 13.9. The molecule has 0 radical (unpaired) electrons. The van der Waals surface area contributed by atoms with E-state index in [9.17, 15) is 14.9 Å². The van der Waals surface area contributed by atoms with Gasteiger partial charge in [-0.15, -0.1) is 0 Å². The minimum Gasteiger partial charge on any atom is -0.469 e. The fourth-order valence-electron chi connectivity index (χ4n) is 3.90. The van der Waals surface area contributed by atoms with Gasteiger partial charge < -0.3 is 14.6 Å². The third-order valence-corrected chi connectivity index (χ3v) is 5.40. The highest BCUT2D eigenvalue weighted by molar-refractivity contribution is 5.97. The van der Waals surface area contributed by atoms with Crippen molar-refractivity contribution in [3.63, 3.8) is 0 Å². The van der Waals surface area contributed by atoms with Crippen LogP contribution in [0.15, 0.2) is 41.0 Å². The van der Waals surface area contributed by atoms with Crippen LogP contribution in [-0.2, 0) is 0 Å². The van der Waals surface area contributed by atoms with Crippen molar-refractivity contribution < 1.29 is 14.1 Å². The van der Waals surface area contributed by atoms with Crippen LogP contribution in [0.1, 0.15) is 34.7 Å². The number of nitro groups is 1. The third kappa shape index (κ3) is 3.65. The Morgan fingerprint density at radius 3 is 2.69 bits per heavy atom. The maximum absolute atomic E-state index is 12.4. The largest absolute Gasteiger partial charge is 0.469 e. The van der Waals surface area contributed by atoms with Crippen molar-refractivity contribution in [3.8, 4) is 0 Å². The summed E-state index contributed by atoms with van der Waals surface area (Å²) in [6.07, 6.45) is 3.10. The van der Waals surface area contributed by atoms with Gasteiger partial charge in [0.15, 0.2) is 5.52 Å². The molecule has 8 heteroatoms. The molecule has 0 unspecified atom stereocenters. The van der Waals surface area contributed by atoms with Gasteiger partial charge in [-0.3, -0.25) is 14.9 Å². The van der Waals surface area contributed by atoms with E-state index >= 15 is 0 Å². The zero-order valence-corrected chi connectivity index (χ0v) is 16.3. The molecule has 4 rings (SSSR count). The van der Waals surface area contributed by atoms with Crippen molar-refractivity contribution in [3.05, 3.63) is 63.7 Å². The zero-order chi connectivity index (χ0) is 20.5. The molecule has 1 N–H and O–H groups in total. The summed E-state index contributed by atoms with van der Waals surface area (Å²) in [5, 5.41) is 15.2. The van der Waals surface area contributed by atoms with Gasteiger partial charge in [-0.25, -0.2) is 4.98 Å². The van der Waals surface area contributed by atoms with Crippen LogP contribution in [0.3, 0.4) is 0 Å². The number of nitrogens with zero attached hydrogens (tertiary/aromatic N) is 3. The van der Waals surface area contributed by atoms with Gasteiger partial charge >= 0.3 is 0 Å². The predicted octanol–water partition coefficient (Wildman–Crippen LogP) is 3.75. The number of fused-ring (bicyclic) bond motifs is 1. The maximum atomic E-state index is 12.4. The highest BCUT2D eigenvalue weighted by Gasteiger charge is 2.25. The van der Waals surface area contributed by atoms with Crippen molar-refractivity contribution in [2.75, 3.05) is 18.0 Å². The number of nitro benzene ring substituents is 1. The van der Waals surface area contributed by atoms with Gasteiger partial charge in [-0.1, -0.05) is 12.1 Å². The predicted molar refractivity (Wildman–Crippen MR) is 109 cm³/mol. The van der Waals surface area contributed by atoms with E-state index in [-0.39, 0.29) is 17.6 Å². The monoisotopic (exact) mass is 394 g/mol. The van der Waals surface area contributed by atoms with Crippen LogP contribution in [0.2, 0.25) is 0 Å². The Morgan fingerprint density at radius 2 is 2.03 bits per heavy atom. The Bertz CT molecular complexity index is 1080. The van der Waals surface area contributed by atoms with E-state index < -0.39 is 4.92 Å². The van der Waals surface area contributed by atoms with E-state index in [4.69, 9.17) is 4.42 Å². The van der Waals surface area contributed by atoms with Crippen LogP contribution in [0.25, 0.3) is 10.9 Å². The first kappa shape index (κ1) is 18.9. The maximum Gasteiger partial charge on any atom is 0.295 e. The number of carbonyl (C=O) groups excluding carboxylic acids is 1. The number of anilines is 1. The molecule has 29 heavy (non-hydrogen) atoms. The second kappa shape index (κ2) is 7.54. The molecular weight excluding hydrogens is 372 g/mol. The van der Waals surface area contributed by atoms with E-state index in [0.29, 0.717) is 16.8 Å². The lowest BCUT2D eigenvalue weighted by Gasteiger charge is -2.34. The molecular formula is C21H22N4O4. The molecule has 0 bridgehead atoms. The topological polar surface area (TPSA) is 102 Å². The second-order valence-corrected chi connectivity index (χ2v) is 7.34. The van der Waals surface area contributed by atoms with Crippen molar-refractivity contribution in [1.82, 2.24) is 10.3 Å². The fraction of sp³-hybridized carbons (Fsp3) is 0.333. The van der Waals surface area contributed by atoms with Crippen LogP contribution in [-0.4, -0.2) is 34.9 Å². The average molecular weight is 394 g/mol. The number of hydrogen-bond acceptors (Lipinski definition) is 6. The lowest BCUT2D eigenvalue weighted by Crippen LogP contribution is -2.44. The van der Waals surface area contributed by atoms with Crippen LogP contribution >= 0.6 is 0 Å². The van der Waals surface area contributed by atoms with E-state index in [2.05, 4.69) is 15.2 Å². The average Bonchev–Trinajstić information content (AvgIpc) is 3.13. The fourth-order valence-corrected chi connectivity index (χ4v) is 3.90. The number of para-hydroxylation sites is 1. The molecule has 3 heterocycles. The standard InChI is InChI=1S/C21H22N4O4/c1-13-12-19(17-4-3-5-18(25(27)28)20(17)22-13)24-9-6-15(7-10-24)23-21(26)16-8-11-29-14(16)2/h3-5,8,11-12,15H,6-7,9-10H2,1-2H3,(H,23,26). The SMILES string of the molecule is Cc1cc(N2CCC(NC(=O)c3ccoc3C)CC2)c2cccc([N+](=O)[O-])c2n1. The zero-order valence-electron chi connectivity index (χ0n) is 16.3. The molecule has 1 fully saturated rings. The Balaban J connectivity index is 1.52. The number of aromatic nitrogens is 1. The summed E-state index contributed by atoms with van der Waals surface area (Å²) in [5.74, 6) is 0.496. The summed E-state index contributed by atoms with van der Waals surface area (Å²) in [5.41, 5.74) is 2.69. The molecule has 0 spiro atoms. The number of hydrogen-bond donors (Lipinski definition) is 1. The summed E-state index contributed by atoms with van der Waals surface area (Å²) in [6.45, 7) is 5.11. The van der Waals surface area contributed by atoms with E-state index in [0.717, 1.165) is 42.7 Å². The Hall–Kier alpha value is -3.42. The molecule has 0 saturated carbocycles. The van der Waals surface area contributed by atoms with Gasteiger partial charge in [-0.05, 0) is 38.8 Å².